The van der Waals surface area contributed by atoms with Gasteiger partial charge in [0, 0.05) is 21.1 Å². The second-order valence-electron chi connectivity index (χ2n) is 6.64. The monoisotopic (exact) mass is 444 g/mol. The number of hydrogen-bond donors (Lipinski definition) is 0. The van der Waals surface area contributed by atoms with Gasteiger partial charge in [-0.3, -0.25) is 4.79 Å². The summed E-state index contributed by atoms with van der Waals surface area (Å²) in [6.45, 7) is 2.21. The van der Waals surface area contributed by atoms with E-state index in [-0.39, 0.29) is 11.5 Å². The summed E-state index contributed by atoms with van der Waals surface area (Å²) >= 11 is 18.2. The van der Waals surface area contributed by atoms with E-state index in [4.69, 9.17) is 44.3 Å². The van der Waals surface area contributed by atoms with Crippen LogP contribution in [0.1, 0.15) is 27.0 Å². The third-order valence-corrected chi connectivity index (χ3v) is 5.28. The number of ketones is 1. The molecule has 0 saturated heterocycles. The van der Waals surface area contributed by atoms with Crippen molar-refractivity contribution in [3.8, 4) is 11.5 Å². The molecule has 1 heterocycles. The molecule has 0 aliphatic carbocycles. The summed E-state index contributed by atoms with van der Waals surface area (Å²) in [5.41, 5.74) is 2.91. The van der Waals surface area contributed by atoms with Gasteiger partial charge in [-0.2, -0.15) is 0 Å². The van der Waals surface area contributed by atoms with E-state index >= 15 is 0 Å². The predicted octanol–water partition coefficient (Wildman–Crippen LogP) is 7.15. The van der Waals surface area contributed by atoms with Gasteiger partial charge >= 0.3 is 0 Å². The van der Waals surface area contributed by atoms with Crippen molar-refractivity contribution in [3.63, 3.8) is 0 Å². The van der Waals surface area contributed by atoms with Crippen LogP contribution in [0.5, 0.6) is 11.5 Å². The van der Waals surface area contributed by atoms with Crippen LogP contribution in [0.2, 0.25) is 15.1 Å². The third-order valence-electron chi connectivity index (χ3n) is 4.49. The average molecular weight is 446 g/mol. The molecule has 29 heavy (non-hydrogen) atoms. The van der Waals surface area contributed by atoms with Gasteiger partial charge in [-0.05, 0) is 60.0 Å². The van der Waals surface area contributed by atoms with Crippen LogP contribution in [0.25, 0.3) is 6.08 Å². The Morgan fingerprint density at radius 3 is 2.55 bits per heavy atom. The fraction of sp³-hybridized carbons (Fsp3) is 0.0870. The summed E-state index contributed by atoms with van der Waals surface area (Å²) in [7, 11) is 0. The minimum Gasteiger partial charge on any atom is -0.489 e. The Bertz CT molecular complexity index is 1150. The number of rotatable bonds is 4. The number of Topliss-reactive ketones (excluding diaryl/α,β-unsaturated/α-hetero) is 1. The molecular formula is C23H15Cl3O3. The molecule has 3 aromatic rings. The molecule has 0 radical (unpaired) electrons. The molecule has 4 rings (SSSR count). The van der Waals surface area contributed by atoms with Crippen molar-refractivity contribution in [2.75, 3.05) is 0 Å². The van der Waals surface area contributed by atoms with Crippen LogP contribution in [0.4, 0.5) is 0 Å². The molecule has 0 aromatic heterocycles. The SMILES string of the molecule is Cc1cc(OCc2cccc(Cl)c2)cc2c1C(=O)/C(=C/c1ccc(Cl)cc1Cl)O2. The maximum atomic E-state index is 12.8. The van der Waals surface area contributed by atoms with Crippen LogP contribution >= 0.6 is 34.8 Å². The number of hydrogen-bond acceptors (Lipinski definition) is 3. The quantitative estimate of drug-likeness (QED) is 0.400. The zero-order valence-corrected chi connectivity index (χ0v) is 17.6. The van der Waals surface area contributed by atoms with E-state index in [1.165, 1.54) is 0 Å². The van der Waals surface area contributed by atoms with Crippen LogP contribution in [0, 0.1) is 6.92 Å². The third kappa shape index (κ3) is 4.27. The van der Waals surface area contributed by atoms with Crippen LogP contribution < -0.4 is 9.47 Å². The molecule has 0 amide bonds. The second-order valence-corrected chi connectivity index (χ2v) is 7.92. The van der Waals surface area contributed by atoms with Gasteiger partial charge in [-0.15, -0.1) is 0 Å². The van der Waals surface area contributed by atoms with Gasteiger partial charge < -0.3 is 9.47 Å². The van der Waals surface area contributed by atoms with Gasteiger partial charge in [0.2, 0.25) is 5.78 Å². The Morgan fingerprint density at radius 1 is 1.00 bits per heavy atom. The fourth-order valence-electron chi connectivity index (χ4n) is 3.11. The van der Waals surface area contributed by atoms with E-state index in [0.29, 0.717) is 44.3 Å². The summed E-state index contributed by atoms with van der Waals surface area (Å²) in [4.78, 5) is 12.8. The molecule has 3 aromatic carbocycles. The first kappa shape index (κ1) is 19.8. The van der Waals surface area contributed by atoms with Crippen molar-refractivity contribution in [2.45, 2.75) is 13.5 Å². The molecule has 0 unspecified atom stereocenters. The normalized spacial score (nSPS) is 14.1. The highest BCUT2D eigenvalue weighted by molar-refractivity contribution is 6.35. The fourth-order valence-corrected chi connectivity index (χ4v) is 3.79. The molecule has 3 nitrogen and oxygen atoms in total. The van der Waals surface area contributed by atoms with Crippen LogP contribution in [-0.4, -0.2) is 5.78 Å². The zero-order chi connectivity index (χ0) is 20.5. The van der Waals surface area contributed by atoms with Gasteiger partial charge in [0.25, 0.3) is 0 Å². The molecule has 0 N–H and O–H groups in total. The molecule has 0 saturated carbocycles. The minimum absolute atomic E-state index is 0.190. The molecule has 0 spiro atoms. The van der Waals surface area contributed by atoms with Crippen molar-refractivity contribution < 1.29 is 14.3 Å². The van der Waals surface area contributed by atoms with Gasteiger partial charge in [-0.25, -0.2) is 0 Å². The topological polar surface area (TPSA) is 35.5 Å². The number of aryl methyl sites for hydroxylation is 1. The lowest BCUT2D eigenvalue weighted by Crippen LogP contribution is -2.00. The average Bonchev–Trinajstić information content (AvgIpc) is 2.98. The maximum Gasteiger partial charge on any atom is 0.232 e. The highest BCUT2D eigenvalue weighted by Crippen LogP contribution is 2.38. The van der Waals surface area contributed by atoms with E-state index in [1.807, 2.05) is 37.3 Å². The van der Waals surface area contributed by atoms with Crippen molar-refractivity contribution in [1.82, 2.24) is 0 Å². The lowest BCUT2D eigenvalue weighted by atomic mass is 10.0. The summed E-state index contributed by atoms with van der Waals surface area (Å²) in [6.07, 6.45) is 1.62. The molecular weight excluding hydrogens is 431 g/mol. The zero-order valence-electron chi connectivity index (χ0n) is 15.3. The number of ether oxygens (including phenoxy) is 2. The number of benzene rings is 3. The van der Waals surface area contributed by atoms with Gasteiger partial charge in [0.1, 0.15) is 18.1 Å². The lowest BCUT2D eigenvalue weighted by molar-refractivity contribution is 0.101. The molecule has 1 aliphatic heterocycles. The largest absolute Gasteiger partial charge is 0.489 e. The van der Waals surface area contributed by atoms with E-state index in [2.05, 4.69) is 0 Å². The first-order valence-corrected chi connectivity index (χ1v) is 9.95. The molecule has 1 aliphatic rings. The number of allylic oxidation sites excluding steroid dienone is 1. The lowest BCUT2D eigenvalue weighted by Gasteiger charge is -2.09. The number of fused-ring (bicyclic) bond motifs is 1. The first-order valence-electron chi connectivity index (χ1n) is 8.82. The molecule has 6 heteroatoms. The molecule has 0 atom stereocenters. The van der Waals surface area contributed by atoms with Gasteiger partial charge in [0.05, 0.1) is 5.56 Å². The maximum absolute atomic E-state index is 12.8. The summed E-state index contributed by atoms with van der Waals surface area (Å²) in [5, 5.41) is 1.62. The van der Waals surface area contributed by atoms with Crippen LogP contribution in [-0.2, 0) is 6.61 Å². The Labute approximate surface area is 183 Å². The van der Waals surface area contributed by atoms with Crippen LogP contribution in [0.15, 0.2) is 60.4 Å². The Morgan fingerprint density at radius 2 is 1.79 bits per heavy atom. The number of halogens is 3. The van der Waals surface area contributed by atoms with E-state index < -0.39 is 0 Å². The number of carbonyl (C=O) groups excluding carboxylic acids is 1. The predicted molar refractivity (Wildman–Crippen MR) is 116 cm³/mol. The van der Waals surface area contributed by atoms with E-state index in [1.54, 1.807) is 30.3 Å². The van der Waals surface area contributed by atoms with Crippen molar-refractivity contribution in [2.24, 2.45) is 0 Å². The minimum atomic E-state index is -0.190. The van der Waals surface area contributed by atoms with Crippen molar-refractivity contribution >= 4 is 46.7 Å². The molecule has 0 bridgehead atoms. The Kier molecular flexibility index (Phi) is 5.55. The smallest absolute Gasteiger partial charge is 0.232 e. The van der Waals surface area contributed by atoms with Crippen LogP contribution in [0.3, 0.4) is 0 Å². The van der Waals surface area contributed by atoms with Crippen molar-refractivity contribution in [1.29, 1.82) is 0 Å². The summed E-state index contributed by atoms with van der Waals surface area (Å²) in [6, 6.07) is 16.1. The second kappa shape index (κ2) is 8.11. The highest BCUT2D eigenvalue weighted by atomic mass is 35.5. The summed E-state index contributed by atoms with van der Waals surface area (Å²) in [5.74, 6) is 1.09. The number of carbonyl (C=O) groups is 1. The summed E-state index contributed by atoms with van der Waals surface area (Å²) < 4.78 is 11.7. The first-order chi connectivity index (χ1) is 13.9. The van der Waals surface area contributed by atoms with E-state index in [0.717, 1.165) is 11.1 Å². The Hall–Kier alpha value is -2.46. The standard InChI is InChI=1S/C23H15Cl3O3/c1-13-7-18(28-12-14-3-2-4-16(24)8-14)11-20-22(13)23(27)21(29-20)9-15-5-6-17(25)10-19(15)26/h2-11H,12H2,1H3/b21-9-. The van der Waals surface area contributed by atoms with Gasteiger partial charge in [0.15, 0.2) is 5.76 Å². The Balaban J connectivity index is 1.58. The van der Waals surface area contributed by atoms with E-state index in [9.17, 15) is 4.79 Å². The molecule has 0 fully saturated rings. The van der Waals surface area contributed by atoms with Crippen molar-refractivity contribution in [3.05, 3.63) is 97.7 Å². The van der Waals surface area contributed by atoms with Gasteiger partial charge in [-0.1, -0.05) is 53.0 Å². The molecule has 146 valence electrons. The highest BCUT2D eigenvalue weighted by Gasteiger charge is 2.30.